The number of nitrogens with one attached hydrogen (secondary N) is 1. The van der Waals surface area contributed by atoms with Crippen LogP contribution in [-0.2, 0) is 16.6 Å². The number of sulfonamides is 1. The van der Waals surface area contributed by atoms with Gasteiger partial charge in [0.25, 0.3) is 10.0 Å². The van der Waals surface area contributed by atoms with Crippen LogP contribution in [0.2, 0.25) is 0 Å². The summed E-state index contributed by atoms with van der Waals surface area (Å²) >= 11 is 0. The van der Waals surface area contributed by atoms with Crippen molar-refractivity contribution in [2.75, 3.05) is 0 Å². The molecule has 3 aliphatic carbocycles. The van der Waals surface area contributed by atoms with Crippen LogP contribution in [0.25, 0.3) is 0 Å². The Morgan fingerprint density at radius 1 is 1.25 bits per heavy atom. The van der Waals surface area contributed by atoms with Crippen molar-refractivity contribution in [3.05, 3.63) is 23.9 Å². The molecule has 108 valence electrons. The summed E-state index contributed by atoms with van der Waals surface area (Å²) in [5, 5.41) is 9.00. The maximum Gasteiger partial charge on any atom is 0.258 e. The minimum Gasteiger partial charge on any atom is -0.392 e. The van der Waals surface area contributed by atoms with Crippen LogP contribution in [0, 0.1) is 23.7 Å². The number of pyridine rings is 1. The van der Waals surface area contributed by atoms with Gasteiger partial charge in [-0.1, -0.05) is 6.07 Å². The number of aromatic nitrogens is 1. The molecule has 0 aliphatic heterocycles. The van der Waals surface area contributed by atoms with Crippen LogP contribution in [0.5, 0.6) is 0 Å². The third-order valence-electron chi connectivity index (χ3n) is 5.28. The third-order valence-corrected chi connectivity index (χ3v) is 6.66. The second-order valence-corrected chi connectivity index (χ2v) is 7.96. The second-order valence-electron chi connectivity index (χ2n) is 6.30. The molecule has 3 saturated carbocycles. The molecule has 5 nitrogen and oxygen atoms in total. The first-order chi connectivity index (χ1) is 9.60. The van der Waals surface area contributed by atoms with E-state index < -0.39 is 10.0 Å². The van der Waals surface area contributed by atoms with E-state index in [-0.39, 0.29) is 17.7 Å². The smallest absolute Gasteiger partial charge is 0.258 e. The Balaban J connectivity index is 1.50. The highest BCUT2D eigenvalue weighted by Gasteiger charge is 2.65. The van der Waals surface area contributed by atoms with Crippen LogP contribution in [0.4, 0.5) is 0 Å². The number of fused-ring (bicyclic) bond motifs is 5. The molecule has 4 atom stereocenters. The van der Waals surface area contributed by atoms with E-state index in [4.69, 9.17) is 5.11 Å². The summed E-state index contributed by atoms with van der Waals surface area (Å²) in [4.78, 5) is 3.94. The normalized spacial score (nSPS) is 38.0. The highest BCUT2D eigenvalue weighted by atomic mass is 32.2. The first kappa shape index (κ1) is 12.7. The SMILES string of the molecule is O=S(=O)(NC1C2C3CCC(C3)C12)c1ccc(CO)cn1. The Labute approximate surface area is 118 Å². The van der Waals surface area contributed by atoms with Gasteiger partial charge in [-0.2, -0.15) is 0 Å². The Hall–Kier alpha value is -0.980. The van der Waals surface area contributed by atoms with Crippen molar-refractivity contribution >= 4 is 10.0 Å². The Kier molecular flexibility index (Phi) is 2.71. The third kappa shape index (κ3) is 1.82. The molecule has 2 N–H and O–H groups in total. The number of hydrogen-bond donors (Lipinski definition) is 2. The molecule has 4 unspecified atom stereocenters. The van der Waals surface area contributed by atoms with Crippen LogP contribution in [0.1, 0.15) is 24.8 Å². The zero-order valence-corrected chi connectivity index (χ0v) is 11.9. The summed E-state index contributed by atoms with van der Waals surface area (Å²) in [7, 11) is -3.53. The minimum absolute atomic E-state index is 0.0482. The molecule has 20 heavy (non-hydrogen) atoms. The zero-order valence-electron chi connectivity index (χ0n) is 11.1. The summed E-state index contributed by atoms with van der Waals surface area (Å²) in [5.41, 5.74) is 0.616. The predicted octanol–water partition coefficient (Wildman–Crippen LogP) is 0.897. The maximum atomic E-state index is 12.3. The maximum absolute atomic E-state index is 12.3. The summed E-state index contributed by atoms with van der Waals surface area (Å²) in [5.74, 6) is 2.62. The fourth-order valence-corrected chi connectivity index (χ4v) is 5.62. The zero-order chi connectivity index (χ0) is 13.9. The molecule has 2 bridgehead atoms. The molecule has 3 fully saturated rings. The van der Waals surface area contributed by atoms with Crippen LogP contribution in [-0.4, -0.2) is 24.6 Å². The molecular formula is C14H18N2O3S. The van der Waals surface area contributed by atoms with E-state index in [1.807, 2.05) is 0 Å². The highest BCUT2D eigenvalue weighted by molar-refractivity contribution is 7.89. The van der Waals surface area contributed by atoms with Crippen molar-refractivity contribution in [3.8, 4) is 0 Å². The monoisotopic (exact) mass is 294 g/mol. The lowest BCUT2D eigenvalue weighted by atomic mass is 10.0. The Morgan fingerprint density at radius 2 is 1.95 bits per heavy atom. The number of aliphatic hydroxyl groups excluding tert-OH is 1. The average Bonchev–Trinajstić information content (AvgIpc) is 2.86. The fourth-order valence-electron chi connectivity index (χ4n) is 4.39. The summed E-state index contributed by atoms with van der Waals surface area (Å²) < 4.78 is 27.5. The lowest BCUT2D eigenvalue weighted by molar-refractivity contribution is 0.281. The van der Waals surface area contributed by atoms with Crippen LogP contribution in [0.15, 0.2) is 23.4 Å². The molecule has 1 aromatic rings. The van der Waals surface area contributed by atoms with Crippen molar-refractivity contribution in [2.45, 2.75) is 36.9 Å². The number of nitrogens with zero attached hydrogens (tertiary/aromatic N) is 1. The Morgan fingerprint density at radius 3 is 2.50 bits per heavy atom. The lowest BCUT2D eigenvalue weighted by Crippen LogP contribution is -2.30. The fraction of sp³-hybridized carbons (Fsp3) is 0.643. The van der Waals surface area contributed by atoms with Crippen molar-refractivity contribution in [3.63, 3.8) is 0 Å². The van der Waals surface area contributed by atoms with E-state index in [2.05, 4.69) is 9.71 Å². The molecule has 1 aromatic heterocycles. The standard InChI is InChI=1S/C14H18N2O3S/c17-7-8-1-4-11(15-6-8)20(18,19)16-14-12-9-2-3-10(5-9)13(12)14/h1,4,6,9-10,12-14,16-17H,2-3,5,7H2. The molecule has 0 spiro atoms. The van der Waals surface area contributed by atoms with Gasteiger partial charge in [-0.25, -0.2) is 18.1 Å². The molecule has 1 heterocycles. The second kappa shape index (κ2) is 4.26. The largest absolute Gasteiger partial charge is 0.392 e. The van der Waals surface area contributed by atoms with E-state index in [0.29, 0.717) is 17.4 Å². The van der Waals surface area contributed by atoms with Gasteiger partial charge in [-0.05, 0) is 54.6 Å². The molecule has 0 saturated heterocycles. The van der Waals surface area contributed by atoms with Crippen molar-refractivity contribution in [2.24, 2.45) is 23.7 Å². The van der Waals surface area contributed by atoms with Gasteiger partial charge in [0.1, 0.15) is 0 Å². The quantitative estimate of drug-likeness (QED) is 0.864. The predicted molar refractivity (Wildman–Crippen MR) is 72.1 cm³/mol. The molecule has 6 heteroatoms. The average molecular weight is 294 g/mol. The van der Waals surface area contributed by atoms with Crippen LogP contribution in [0.3, 0.4) is 0 Å². The van der Waals surface area contributed by atoms with E-state index in [1.165, 1.54) is 31.5 Å². The molecule has 3 aliphatic rings. The first-order valence-electron chi connectivity index (χ1n) is 7.18. The molecule has 0 radical (unpaired) electrons. The summed E-state index contributed by atoms with van der Waals surface area (Å²) in [6.45, 7) is -0.128. The van der Waals surface area contributed by atoms with Gasteiger partial charge in [0.15, 0.2) is 5.03 Å². The van der Waals surface area contributed by atoms with Crippen molar-refractivity contribution in [1.29, 1.82) is 0 Å². The van der Waals surface area contributed by atoms with E-state index >= 15 is 0 Å². The van der Waals surface area contributed by atoms with E-state index in [1.54, 1.807) is 6.07 Å². The van der Waals surface area contributed by atoms with Gasteiger partial charge in [0.05, 0.1) is 6.61 Å². The van der Waals surface area contributed by atoms with Gasteiger partial charge in [-0.15, -0.1) is 0 Å². The van der Waals surface area contributed by atoms with Crippen LogP contribution < -0.4 is 4.72 Å². The highest BCUT2D eigenvalue weighted by Crippen LogP contribution is 2.65. The van der Waals surface area contributed by atoms with Gasteiger partial charge in [-0.3, -0.25) is 0 Å². The summed E-state index contributed by atoms with van der Waals surface area (Å²) in [6.07, 6.45) is 5.25. The molecule has 4 rings (SSSR count). The first-order valence-corrected chi connectivity index (χ1v) is 8.66. The number of aliphatic hydroxyl groups is 1. The van der Waals surface area contributed by atoms with E-state index in [9.17, 15) is 8.42 Å². The summed E-state index contributed by atoms with van der Waals surface area (Å²) in [6, 6.07) is 3.19. The molecule has 0 aromatic carbocycles. The lowest BCUT2D eigenvalue weighted by Gasteiger charge is -2.11. The van der Waals surface area contributed by atoms with E-state index in [0.717, 1.165) is 11.8 Å². The molecule has 0 amide bonds. The van der Waals surface area contributed by atoms with Gasteiger partial charge < -0.3 is 5.11 Å². The van der Waals surface area contributed by atoms with Gasteiger partial charge in [0.2, 0.25) is 0 Å². The number of rotatable bonds is 4. The molecular weight excluding hydrogens is 276 g/mol. The van der Waals surface area contributed by atoms with Gasteiger partial charge in [0, 0.05) is 12.2 Å². The van der Waals surface area contributed by atoms with Crippen molar-refractivity contribution in [1.82, 2.24) is 9.71 Å². The van der Waals surface area contributed by atoms with Gasteiger partial charge >= 0.3 is 0 Å². The Bertz CT molecular complexity index is 612. The van der Waals surface area contributed by atoms with Crippen molar-refractivity contribution < 1.29 is 13.5 Å². The van der Waals surface area contributed by atoms with Crippen LogP contribution >= 0.6 is 0 Å². The topological polar surface area (TPSA) is 79.3 Å². The number of hydrogen-bond acceptors (Lipinski definition) is 4. The minimum atomic E-state index is -3.53.